The van der Waals surface area contributed by atoms with Gasteiger partial charge in [-0.1, -0.05) is 6.07 Å². The summed E-state index contributed by atoms with van der Waals surface area (Å²) in [4.78, 5) is 13.0. The largest absolute Gasteiger partial charge is 0.497 e. The normalized spacial score (nSPS) is 9.07. The lowest BCUT2D eigenvalue weighted by atomic mass is 10.2. The van der Waals surface area contributed by atoms with Gasteiger partial charge in [-0.3, -0.25) is 4.98 Å². The summed E-state index contributed by atoms with van der Waals surface area (Å²) in [6.45, 7) is 1.44. The van der Waals surface area contributed by atoms with Crippen molar-refractivity contribution in [3.63, 3.8) is 0 Å². The Labute approximate surface area is 160 Å². The molecule has 3 aromatic rings. The summed E-state index contributed by atoms with van der Waals surface area (Å²) < 4.78 is 15.4. The number of nitrogens with zero attached hydrogens (tertiary/aromatic N) is 1. The number of nitrogens with one attached hydrogen (secondary N) is 1. The van der Waals surface area contributed by atoms with Crippen LogP contribution in [0.4, 0.5) is 5.69 Å². The van der Waals surface area contributed by atoms with E-state index >= 15 is 0 Å². The van der Waals surface area contributed by atoms with Gasteiger partial charge < -0.3 is 24.3 Å². The smallest absolute Gasteiger partial charge is 0.162 e. The van der Waals surface area contributed by atoms with Gasteiger partial charge in [-0.05, 0) is 43.3 Å². The third-order valence-corrected chi connectivity index (χ3v) is 3.49. The second-order valence-corrected chi connectivity index (χ2v) is 5.12. The van der Waals surface area contributed by atoms with E-state index in [9.17, 15) is 0 Å². The van der Waals surface area contributed by atoms with Crippen LogP contribution in [0.25, 0.3) is 10.9 Å². The van der Waals surface area contributed by atoms with Gasteiger partial charge in [0.1, 0.15) is 12.0 Å². The van der Waals surface area contributed by atoms with Crippen molar-refractivity contribution in [1.29, 1.82) is 0 Å². The van der Waals surface area contributed by atoms with Gasteiger partial charge >= 0.3 is 0 Å². The molecule has 0 aliphatic carbocycles. The third kappa shape index (κ3) is 6.86. The van der Waals surface area contributed by atoms with Gasteiger partial charge in [0.05, 0.1) is 26.8 Å². The Morgan fingerprint density at radius 1 is 0.926 bits per heavy atom. The summed E-state index contributed by atoms with van der Waals surface area (Å²) >= 11 is 0. The molecule has 3 rings (SSSR count). The molecule has 0 fully saturated rings. The fourth-order valence-electron chi connectivity index (χ4n) is 2.16. The second-order valence-electron chi connectivity index (χ2n) is 5.12. The lowest BCUT2D eigenvalue weighted by Gasteiger charge is -2.08. The Morgan fingerprint density at radius 2 is 1.52 bits per heavy atom. The van der Waals surface area contributed by atoms with E-state index in [0.29, 0.717) is 5.75 Å². The number of ether oxygens (including phenoxy) is 3. The number of methoxy groups -OCH3 is 3. The van der Waals surface area contributed by atoms with E-state index in [1.807, 2.05) is 55.6 Å². The molecule has 1 aromatic heterocycles. The lowest BCUT2D eigenvalue weighted by molar-refractivity contribution is -0.106. The number of pyridine rings is 1. The highest BCUT2D eigenvalue weighted by molar-refractivity contribution is 5.82. The maximum Gasteiger partial charge on any atom is 0.162 e. The van der Waals surface area contributed by atoms with Crippen LogP contribution in [0, 0.1) is 0 Å². The molecular weight excluding hydrogens is 344 g/mol. The van der Waals surface area contributed by atoms with E-state index in [1.54, 1.807) is 27.5 Å². The van der Waals surface area contributed by atoms with Gasteiger partial charge in [-0.25, -0.2) is 0 Å². The number of hydrogen-bond donors (Lipinski definition) is 1. The fraction of sp³-hybridized carbons (Fsp3) is 0.238. The number of fused-ring (bicyclic) bond motifs is 1. The summed E-state index contributed by atoms with van der Waals surface area (Å²) in [6.07, 6.45) is 2.51. The van der Waals surface area contributed by atoms with Crippen molar-refractivity contribution in [3.05, 3.63) is 54.7 Å². The van der Waals surface area contributed by atoms with Crippen molar-refractivity contribution < 1.29 is 19.0 Å². The van der Waals surface area contributed by atoms with Crippen molar-refractivity contribution in [3.8, 4) is 17.2 Å². The highest BCUT2D eigenvalue weighted by Gasteiger charge is 2.05. The first-order chi connectivity index (χ1) is 13.1. The van der Waals surface area contributed by atoms with Gasteiger partial charge in [0.2, 0.25) is 0 Å². The number of hydrogen-bond acceptors (Lipinski definition) is 6. The van der Waals surface area contributed by atoms with Crippen molar-refractivity contribution >= 4 is 22.9 Å². The molecule has 0 spiro atoms. The molecule has 0 aliphatic rings. The molecule has 0 saturated heterocycles. The minimum atomic E-state index is 0.707. The second kappa shape index (κ2) is 12.1. The average Bonchev–Trinajstić information content (AvgIpc) is 2.73. The first-order valence-corrected chi connectivity index (χ1v) is 8.31. The SMILES string of the molecule is CC=O.CNc1ccc(OC)cc1.COc1cc2cccnc2cc1OC. The minimum Gasteiger partial charge on any atom is -0.497 e. The third-order valence-electron chi connectivity index (χ3n) is 3.49. The molecular formula is C21H26N2O4. The maximum absolute atomic E-state index is 8.81. The van der Waals surface area contributed by atoms with Crippen LogP contribution in [0.3, 0.4) is 0 Å². The van der Waals surface area contributed by atoms with Crippen LogP contribution in [0.5, 0.6) is 17.2 Å². The Kier molecular flexibility index (Phi) is 9.78. The van der Waals surface area contributed by atoms with Crippen LogP contribution < -0.4 is 19.5 Å². The predicted octanol–water partition coefficient (Wildman–Crippen LogP) is 4.19. The topological polar surface area (TPSA) is 69.7 Å². The summed E-state index contributed by atoms with van der Waals surface area (Å²) in [5.74, 6) is 2.32. The molecule has 2 aromatic carbocycles. The Morgan fingerprint density at radius 3 is 2.04 bits per heavy atom. The minimum absolute atomic E-state index is 0.707. The maximum atomic E-state index is 8.81. The zero-order valence-corrected chi connectivity index (χ0v) is 16.4. The molecule has 6 heteroatoms. The summed E-state index contributed by atoms with van der Waals surface area (Å²) in [5, 5.41) is 4.07. The van der Waals surface area contributed by atoms with Crippen LogP contribution in [0.15, 0.2) is 54.7 Å². The fourth-order valence-corrected chi connectivity index (χ4v) is 2.16. The van der Waals surface area contributed by atoms with Crippen molar-refractivity contribution in [2.45, 2.75) is 6.92 Å². The first kappa shape index (κ1) is 21.8. The standard InChI is InChI=1S/C11H11NO2.C8H11NO.C2H4O/c1-13-10-6-8-4-3-5-12-9(8)7-11(10)14-2;1-9-7-3-5-8(10-2)6-4-7;1-2-3/h3-7H,1-2H3;3-6,9H,1-2H3;2H,1H3. The number of carbonyl (C=O) groups excluding carboxylic acids is 1. The molecule has 0 amide bonds. The molecule has 0 saturated carbocycles. The zero-order chi connectivity index (χ0) is 20.1. The molecule has 0 radical (unpaired) electrons. The number of benzene rings is 2. The van der Waals surface area contributed by atoms with Crippen LogP contribution >= 0.6 is 0 Å². The van der Waals surface area contributed by atoms with Gasteiger partial charge in [-0.2, -0.15) is 0 Å². The van der Waals surface area contributed by atoms with Crippen LogP contribution in [-0.4, -0.2) is 39.6 Å². The van der Waals surface area contributed by atoms with Gasteiger partial charge in [-0.15, -0.1) is 0 Å². The first-order valence-electron chi connectivity index (χ1n) is 8.31. The number of anilines is 1. The van der Waals surface area contributed by atoms with Gasteiger partial charge in [0.15, 0.2) is 11.5 Å². The van der Waals surface area contributed by atoms with Gasteiger partial charge in [0.25, 0.3) is 0 Å². The summed E-state index contributed by atoms with van der Waals surface area (Å²) in [5.41, 5.74) is 2.01. The summed E-state index contributed by atoms with van der Waals surface area (Å²) in [7, 11) is 6.79. The molecule has 144 valence electrons. The van der Waals surface area contributed by atoms with Crippen LogP contribution in [-0.2, 0) is 4.79 Å². The molecule has 1 N–H and O–H groups in total. The number of carbonyl (C=O) groups is 1. The monoisotopic (exact) mass is 370 g/mol. The molecule has 27 heavy (non-hydrogen) atoms. The lowest BCUT2D eigenvalue weighted by Crippen LogP contribution is -1.90. The highest BCUT2D eigenvalue weighted by Crippen LogP contribution is 2.30. The Balaban J connectivity index is 0.000000246. The van der Waals surface area contributed by atoms with Crippen molar-refractivity contribution in [2.24, 2.45) is 0 Å². The highest BCUT2D eigenvalue weighted by atomic mass is 16.5. The molecule has 0 bridgehead atoms. The molecule has 0 aliphatic heterocycles. The van der Waals surface area contributed by atoms with Crippen molar-refractivity contribution in [2.75, 3.05) is 33.7 Å². The van der Waals surface area contributed by atoms with E-state index in [1.165, 1.54) is 6.92 Å². The van der Waals surface area contributed by atoms with Crippen LogP contribution in [0.1, 0.15) is 6.92 Å². The average molecular weight is 370 g/mol. The zero-order valence-electron chi connectivity index (χ0n) is 16.4. The quantitative estimate of drug-likeness (QED) is 0.694. The van der Waals surface area contributed by atoms with E-state index < -0.39 is 0 Å². The van der Waals surface area contributed by atoms with E-state index in [-0.39, 0.29) is 0 Å². The number of rotatable bonds is 4. The number of aromatic nitrogens is 1. The molecule has 6 nitrogen and oxygen atoms in total. The van der Waals surface area contributed by atoms with Crippen molar-refractivity contribution in [1.82, 2.24) is 4.98 Å². The molecule has 0 unspecified atom stereocenters. The predicted molar refractivity (Wildman–Crippen MR) is 109 cm³/mol. The molecule has 1 heterocycles. The van der Waals surface area contributed by atoms with E-state index in [0.717, 1.165) is 34.4 Å². The number of aldehydes is 1. The van der Waals surface area contributed by atoms with E-state index in [4.69, 9.17) is 19.0 Å². The van der Waals surface area contributed by atoms with Gasteiger partial charge in [0, 0.05) is 30.4 Å². The van der Waals surface area contributed by atoms with E-state index in [2.05, 4.69) is 10.3 Å². The van der Waals surface area contributed by atoms with Crippen LogP contribution in [0.2, 0.25) is 0 Å². The Hall–Kier alpha value is -3.28. The Bertz CT molecular complexity index is 755. The summed E-state index contributed by atoms with van der Waals surface area (Å²) in [6, 6.07) is 15.5. The molecule has 0 atom stereocenters.